The molecule has 0 aromatic heterocycles. The maximum atomic E-state index is 13.2. The molecule has 2 atom stereocenters. The summed E-state index contributed by atoms with van der Waals surface area (Å²) < 4.78 is 0. The molecule has 1 saturated heterocycles. The van der Waals surface area contributed by atoms with Crippen molar-refractivity contribution in [3.05, 3.63) is 29.8 Å². The molecule has 0 aliphatic carbocycles. The second kappa shape index (κ2) is 7.44. The molecule has 2 N–H and O–H groups in total. The van der Waals surface area contributed by atoms with Gasteiger partial charge in [-0.05, 0) is 30.4 Å². The van der Waals surface area contributed by atoms with E-state index in [2.05, 4.69) is 5.32 Å². The van der Waals surface area contributed by atoms with Gasteiger partial charge in [0.25, 0.3) is 0 Å². The van der Waals surface area contributed by atoms with Crippen LogP contribution in [0.1, 0.15) is 38.7 Å². The summed E-state index contributed by atoms with van der Waals surface area (Å²) in [6, 6.07) is 7.05. The van der Waals surface area contributed by atoms with Crippen LogP contribution in [0.4, 0.5) is 10.5 Å². The van der Waals surface area contributed by atoms with Crippen LogP contribution >= 0.6 is 0 Å². The molecule has 0 radical (unpaired) electrons. The first-order chi connectivity index (χ1) is 12.0. The topological polar surface area (TPSA) is 72.9 Å². The predicted octanol–water partition coefficient (Wildman–Crippen LogP) is 2.43. The van der Waals surface area contributed by atoms with Crippen LogP contribution < -0.4 is 5.32 Å². The number of likely N-dealkylation sites (tertiary alicyclic amines) is 1. The van der Waals surface area contributed by atoms with Crippen LogP contribution in [-0.4, -0.2) is 52.1 Å². The van der Waals surface area contributed by atoms with Crippen LogP contribution in [0, 0.1) is 5.92 Å². The monoisotopic (exact) mass is 345 g/mol. The molecule has 6 heteroatoms. The highest BCUT2D eigenvalue weighted by molar-refractivity contribution is 5.98. The number of hydrogen-bond donors (Lipinski definition) is 2. The Morgan fingerprint density at radius 2 is 2.00 bits per heavy atom. The van der Waals surface area contributed by atoms with E-state index in [9.17, 15) is 14.7 Å². The van der Waals surface area contributed by atoms with Crippen molar-refractivity contribution in [1.29, 1.82) is 0 Å². The summed E-state index contributed by atoms with van der Waals surface area (Å²) in [7, 11) is 0. The van der Waals surface area contributed by atoms with Gasteiger partial charge < -0.3 is 20.2 Å². The molecule has 2 aliphatic heterocycles. The molecule has 3 rings (SSSR count). The fraction of sp³-hybridized carbons (Fsp3) is 0.579. The van der Waals surface area contributed by atoms with Gasteiger partial charge in [0.1, 0.15) is 6.04 Å². The molecule has 0 saturated carbocycles. The summed E-state index contributed by atoms with van der Waals surface area (Å²) in [5.41, 5.74) is 1.73. The first-order valence-electron chi connectivity index (χ1n) is 9.13. The van der Waals surface area contributed by atoms with E-state index in [-0.39, 0.29) is 24.0 Å². The molecule has 6 nitrogen and oxygen atoms in total. The van der Waals surface area contributed by atoms with Crippen molar-refractivity contribution in [2.75, 3.05) is 18.4 Å². The van der Waals surface area contributed by atoms with Gasteiger partial charge in [-0.25, -0.2) is 4.79 Å². The zero-order valence-corrected chi connectivity index (χ0v) is 14.9. The molecule has 1 fully saturated rings. The SMILES string of the molecule is CCC(C)C1C(=O)Nc2ccccc2CN1C(=O)N1CCC(O)CC1. The van der Waals surface area contributed by atoms with E-state index in [1.54, 1.807) is 9.80 Å². The molecule has 1 aromatic carbocycles. The third-order valence-electron chi connectivity index (χ3n) is 5.38. The van der Waals surface area contributed by atoms with E-state index in [0.717, 1.165) is 17.7 Å². The first kappa shape index (κ1) is 17.7. The number of amides is 3. The number of urea groups is 1. The summed E-state index contributed by atoms with van der Waals surface area (Å²) in [5.74, 6) is -0.0571. The van der Waals surface area contributed by atoms with E-state index in [1.807, 2.05) is 38.1 Å². The average Bonchev–Trinajstić information content (AvgIpc) is 2.76. The second-order valence-corrected chi connectivity index (χ2v) is 7.11. The molecular formula is C19H27N3O3. The third-order valence-corrected chi connectivity index (χ3v) is 5.38. The van der Waals surface area contributed by atoms with Crippen molar-refractivity contribution in [3.8, 4) is 0 Å². The first-order valence-corrected chi connectivity index (χ1v) is 9.13. The Hall–Kier alpha value is -2.08. The zero-order chi connectivity index (χ0) is 18.0. The highest BCUT2D eigenvalue weighted by atomic mass is 16.3. The van der Waals surface area contributed by atoms with Gasteiger partial charge in [0.2, 0.25) is 5.91 Å². The number of aliphatic hydroxyl groups is 1. The largest absolute Gasteiger partial charge is 0.393 e. The predicted molar refractivity (Wildman–Crippen MR) is 96.1 cm³/mol. The fourth-order valence-corrected chi connectivity index (χ4v) is 3.62. The highest BCUT2D eigenvalue weighted by Gasteiger charge is 2.38. The lowest BCUT2D eigenvalue weighted by molar-refractivity contribution is -0.122. The van der Waals surface area contributed by atoms with E-state index < -0.39 is 6.04 Å². The van der Waals surface area contributed by atoms with Crippen molar-refractivity contribution >= 4 is 17.6 Å². The lowest BCUT2D eigenvalue weighted by Crippen LogP contribution is -2.55. The molecule has 2 unspecified atom stereocenters. The molecule has 0 spiro atoms. The van der Waals surface area contributed by atoms with Crippen LogP contribution in [0.5, 0.6) is 0 Å². The van der Waals surface area contributed by atoms with Crippen LogP contribution in [0.2, 0.25) is 0 Å². The molecule has 25 heavy (non-hydrogen) atoms. The van der Waals surface area contributed by atoms with Crippen molar-refractivity contribution in [3.63, 3.8) is 0 Å². The minimum Gasteiger partial charge on any atom is -0.393 e. The molecule has 2 heterocycles. The number of piperidine rings is 1. The minimum atomic E-state index is -0.489. The van der Waals surface area contributed by atoms with Gasteiger partial charge >= 0.3 is 6.03 Å². The molecule has 1 aromatic rings. The number of carbonyl (C=O) groups excluding carboxylic acids is 2. The van der Waals surface area contributed by atoms with Crippen molar-refractivity contribution in [2.24, 2.45) is 5.92 Å². The maximum Gasteiger partial charge on any atom is 0.321 e. The number of para-hydroxylation sites is 1. The highest BCUT2D eigenvalue weighted by Crippen LogP contribution is 2.28. The molecular weight excluding hydrogens is 318 g/mol. The van der Waals surface area contributed by atoms with Crippen molar-refractivity contribution in [2.45, 2.75) is 51.8 Å². The zero-order valence-electron chi connectivity index (χ0n) is 14.9. The summed E-state index contributed by atoms with van der Waals surface area (Å²) in [6.45, 7) is 5.54. The van der Waals surface area contributed by atoms with Crippen molar-refractivity contribution in [1.82, 2.24) is 9.80 Å². The Morgan fingerprint density at radius 1 is 1.32 bits per heavy atom. The van der Waals surface area contributed by atoms with E-state index in [4.69, 9.17) is 0 Å². The smallest absolute Gasteiger partial charge is 0.321 e. The summed E-state index contributed by atoms with van der Waals surface area (Å²) >= 11 is 0. The van der Waals surface area contributed by atoms with Crippen molar-refractivity contribution < 1.29 is 14.7 Å². The summed E-state index contributed by atoms with van der Waals surface area (Å²) in [5, 5.41) is 12.7. The Morgan fingerprint density at radius 3 is 2.68 bits per heavy atom. The standard InChI is InChI=1S/C19H27N3O3/c1-3-13(2)17-18(24)20-16-7-5-4-6-14(16)12-22(17)19(25)21-10-8-15(23)9-11-21/h4-7,13,15,17,23H,3,8-12H2,1-2H3,(H,20,24). The van der Waals surface area contributed by atoms with Crippen LogP contribution in [0.15, 0.2) is 24.3 Å². The normalized spacial score (nSPS) is 22.8. The Bertz CT molecular complexity index is 641. The van der Waals surface area contributed by atoms with Gasteiger partial charge in [0.15, 0.2) is 0 Å². The number of nitrogens with zero attached hydrogens (tertiary/aromatic N) is 2. The maximum absolute atomic E-state index is 13.2. The molecule has 3 amide bonds. The number of carbonyl (C=O) groups is 2. The molecule has 0 bridgehead atoms. The average molecular weight is 345 g/mol. The van der Waals surface area contributed by atoms with E-state index in [0.29, 0.717) is 32.5 Å². The summed E-state index contributed by atoms with van der Waals surface area (Å²) in [4.78, 5) is 29.5. The van der Waals surface area contributed by atoms with Crippen LogP contribution in [0.25, 0.3) is 0 Å². The number of fused-ring (bicyclic) bond motifs is 1. The van der Waals surface area contributed by atoms with Crippen LogP contribution in [0.3, 0.4) is 0 Å². The number of aliphatic hydroxyl groups excluding tert-OH is 1. The van der Waals surface area contributed by atoms with Gasteiger partial charge in [-0.1, -0.05) is 38.5 Å². The number of rotatable bonds is 2. The van der Waals surface area contributed by atoms with Gasteiger partial charge in [-0.2, -0.15) is 0 Å². The lowest BCUT2D eigenvalue weighted by atomic mass is 9.97. The third kappa shape index (κ3) is 3.63. The number of nitrogens with one attached hydrogen (secondary N) is 1. The van der Waals surface area contributed by atoms with Gasteiger partial charge in [-0.3, -0.25) is 4.79 Å². The summed E-state index contributed by atoms with van der Waals surface area (Å²) in [6.07, 6.45) is 1.67. The van der Waals surface area contributed by atoms with Gasteiger partial charge in [0, 0.05) is 18.8 Å². The Labute approximate surface area is 148 Å². The molecule has 2 aliphatic rings. The quantitative estimate of drug-likeness (QED) is 0.865. The van der Waals surface area contributed by atoms with Gasteiger partial charge in [0.05, 0.1) is 12.6 Å². The minimum absolute atomic E-state index is 0.0636. The van der Waals surface area contributed by atoms with E-state index in [1.165, 1.54) is 0 Å². The second-order valence-electron chi connectivity index (χ2n) is 7.11. The van der Waals surface area contributed by atoms with E-state index >= 15 is 0 Å². The number of hydrogen-bond acceptors (Lipinski definition) is 3. The molecule has 136 valence electrons. The van der Waals surface area contributed by atoms with Gasteiger partial charge in [-0.15, -0.1) is 0 Å². The lowest BCUT2D eigenvalue weighted by Gasteiger charge is -2.38. The fourth-order valence-electron chi connectivity index (χ4n) is 3.62. The Balaban J connectivity index is 1.91. The Kier molecular flexibility index (Phi) is 5.27. The van der Waals surface area contributed by atoms with Crippen LogP contribution in [-0.2, 0) is 11.3 Å². The number of benzene rings is 1. The number of anilines is 1.